The first-order valence-corrected chi connectivity index (χ1v) is 11.4. The van der Waals surface area contributed by atoms with E-state index in [0.29, 0.717) is 29.3 Å². The lowest BCUT2D eigenvalue weighted by Crippen LogP contribution is -2.41. The van der Waals surface area contributed by atoms with E-state index in [1.54, 1.807) is 17.7 Å². The molecule has 0 radical (unpaired) electrons. The third-order valence-corrected chi connectivity index (χ3v) is 6.08. The predicted octanol–water partition coefficient (Wildman–Crippen LogP) is 1.43. The molecule has 36 heavy (non-hydrogen) atoms. The average Bonchev–Trinajstić information content (AvgIpc) is 3.47. The molecule has 4 N–H and O–H groups in total. The Balaban J connectivity index is 1.55. The maximum absolute atomic E-state index is 12.4. The van der Waals surface area contributed by atoms with Crippen molar-refractivity contribution in [2.45, 2.75) is 44.4 Å². The number of rotatable bonds is 7. The van der Waals surface area contributed by atoms with Gasteiger partial charge in [-0.05, 0) is 23.6 Å². The van der Waals surface area contributed by atoms with Crippen molar-refractivity contribution in [2.24, 2.45) is 0 Å². The molecule has 1 aliphatic heterocycles. The van der Waals surface area contributed by atoms with Gasteiger partial charge in [-0.25, -0.2) is 15.0 Å². The number of aliphatic hydroxyl groups is 2. The van der Waals surface area contributed by atoms with Gasteiger partial charge >= 0.3 is 0 Å². The van der Waals surface area contributed by atoms with E-state index in [-0.39, 0.29) is 5.65 Å². The highest BCUT2D eigenvalue weighted by Gasteiger charge is 2.47. The van der Waals surface area contributed by atoms with Crippen LogP contribution in [0, 0.1) is 0 Å². The van der Waals surface area contributed by atoms with Crippen LogP contribution in [-0.4, -0.2) is 65.9 Å². The quantitative estimate of drug-likeness (QED) is 0.301. The highest BCUT2D eigenvalue weighted by molar-refractivity contribution is 5.85. The summed E-state index contributed by atoms with van der Waals surface area (Å²) < 4.78 is 28.8. The van der Waals surface area contributed by atoms with Gasteiger partial charge in [-0.15, -0.1) is 0 Å². The molecule has 5 rings (SSSR count). The molecule has 0 spiro atoms. The summed E-state index contributed by atoms with van der Waals surface area (Å²) in [6.45, 7) is -0.325. The Bertz CT molecular complexity index is 1480. The fourth-order valence-corrected chi connectivity index (χ4v) is 4.12. The van der Waals surface area contributed by atoms with Crippen LogP contribution < -0.4 is 10.6 Å². The van der Waals surface area contributed by atoms with Crippen molar-refractivity contribution in [1.29, 1.82) is 0 Å². The highest BCUT2D eigenvalue weighted by Crippen LogP contribution is 2.33. The van der Waals surface area contributed by atoms with Crippen LogP contribution in [0.15, 0.2) is 55.1 Å². The molecule has 0 bridgehead atoms. The van der Waals surface area contributed by atoms with Gasteiger partial charge in [0.1, 0.15) is 12.2 Å². The van der Waals surface area contributed by atoms with Crippen LogP contribution in [0.4, 0.5) is 5.82 Å². The first-order valence-electron chi connectivity index (χ1n) is 12.9. The number of fused-ring (bicyclic) bond motifs is 1. The van der Waals surface area contributed by atoms with Crippen molar-refractivity contribution in [3.63, 3.8) is 0 Å². The van der Waals surface area contributed by atoms with Crippen LogP contribution in [-0.2, 0) is 22.5 Å². The predicted molar refractivity (Wildman–Crippen MR) is 132 cm³/mol. The van der Waals surface area contributed by atoms with Gasteiger partial charge < -0.3 is 25.6 Å². The molecule has 0 unspecified atom stereocenters. The summed E-state index contributed by atoms with van der Waals surface area (Å²) in [5.41, 5.74) is 3.31. The first kappa shape index (κ1) is 20.3. The summed E-state index contributed by atoms with van der Waals surface area (Å²) in [6, 6.07) is 11.6. The number of aliphatic hydroxyl groups excluding tert-OH is 2. The molecule has 11 heteroatoms. The number of carbonyl (C=O) groups excluding carboxylic acids is 1. The number of benzene rings is 1. The van der Waals surface area contributed by atoms with Crippen LogP contribution >= 0.6 is 0 Å². The van der Waals surface area contributed by atoms with E-state index in [0.717, 1.165) is 17.5 Å². The monoisotopic (exact) mass is 492 g/mol. The second kappa shape index (κ2) is 9.97. The van der Waals surface area contributed by atoms with E-state index in [1.807, 2.05) is 43.3 Å². The Hall–Kier alpha value is -3.93. The Morgan fingerprint density at radius 2 is 2.00 bits per heavy atom. The Labute approximate surface area is 211 Å². The van der Waals surface area contributed by atoms with E-state index in [2.05, 4.69) is 20.3 Å². The number of amides is 1. The fraction of sp³-hybridized carbons (Fsp3) is 0.320. The molecule has 0 aliphatic carbocycles. The van der Waals surface area contributed by atoms with Crippen molar-refractivity contribution in [3.8, 4) is 11.4 Å². The highest BCUT2D eigenvalue weighted by atomic mass is 16.6. The fourth-order valence-electron chi connectivity index (χ4n) is 4.12. The minimum Gasteiger partial charge on any atom is -0.387 e. The van der Waals surface area contributed by atoms with Crippen molar-refractivity contribution in [2.75, 3.05) is 12.3 Å². The first-order chi connectivity index (χ1) is 18.6. The lowest BCUT2D eigenvalue weighted by atomic mass is 10.1. The summed E-state index contributed by atoms with van der Waals surface area (Å²) in [5.74, 6) is -0.312. The summed E-state index contributed by atoms with van der Waals surface area (Å²) >= 11 is 0. The van der Waals surface area contributed by atoms with Gasteiger partial charge in [-0.3, -0.25) is 14.3 Å². The number of ether oxygens (including phenoxy) is 1. The van der Waals surface area contributed by atoms with Gasteiger partial charge in [0.25, 0.3) is 5.91 Å². The minimum absolute atomic E-state index is 0.269. The maximum Gasteiger partial charge on any atom is 0.251 e. The number of nitrogens with one attached hydrogen (secondary N) is 2. The molecule has 1 aromatic carbocycles. The number of anilines is 1. The lowest BCUT2D eigenvalue weighted by Gasteiger charge is -2.17. The van der Waals surface area contributed by atoms with Crippen molar-refractivity contribution in [1.82, 2.24) is 29.8 Å². The van der Waals surface area contributed by atoms with Crippen LogP contribution in [0.1, 0.15) is 28.4 Å². The standard InChI is InChI=1S/C25H27N7O4/c1-3-14-9-16(12-27-10-14)21-30-22(28-11-15-7-5-4-6-8-15)17-23(31-21)32(13-29-17)25-19(34)18(33)20(36-25)24(35)26-2/h4-10,12-13,18-20,25,33-34H,3,11H2,1-2H3,(H,26,35)(H,28,30,31)/t18-,19+,20-,25+/m0/s1/i2D3. The van der Waals surface area contributed by atoms with Gasteiger partial charge in [0, 0.05) is 35.6 Å². The second-order valence-electron chi connectivity index (χ2n) is 8.41. The second-order valence-corrected chi connectivity index (χ2v) is 8.41. The average molecular weight is 493 g/mol. The van der Waals surface area contributed by atoms with E-state index in [4.69, 9.17) is 13.8 Å². The zero-order chi connectivity index (χ0) is 27.7. The van der Waals surface area contributed by atoms with Crippen LogP contribution in [0.3, 0.4) is 0 Å². The normalized spacial score (nSPS) is 23.1. The molecular weight excluding hydrogens is 462 g/mol. The summed E-state index contributed by atoms with van der Waals surface area (Å²) in [5, 5.41) is 26.4. The van der Waals surface area contributed by atoms with E-state index in [1.165, 1.54) is 10.9 Å². The Morgan fingerprint density at radius 1 is 1.17 bits per heavy atom. The number of imidazole rings is 1. The van der Waals surface area contributed by atoms with Gasteiger partial charge in [0.15, 0.2) is 35.1 Å². The van der Waals surface area contributed by atoms with Crippen molar-refractivity contribution >= 4 is 22.9 Å². The summed E-state index contributed by atoms with van der Waals surface area (Å²) in [4.78, 5) is 30.5. The largest absolute Gasteiger partial charge is 0.387 e. The Kier molecular flexibility index (Phi) is 5.62. The smallest absolute Gasteiger partial charge is 0.251 e. The minimum atomic E-state index is -2.78. The van der Waals surface area contributed by atoms with Gasteiger partial charge in [-0.2, -0.15) is 0 Å². The molecular formula is C25H27N7O4. The van der Waals surface area contributed by atoms with Crippen LogP contribution in [0.2, 0.25) is 0 Å². The number of hydrogen-bond acceptors (Lipinski definition) is 9. The van der Waals surface area contributed by atoms with E-state index < -0.39 is 37.4 Å². The zero-order valence-corrected chi connectivity index (χ0v) is 19.4. The number of aryl methyl sites for hydroxylation is 1. The number of pyridine rings is 1. The summed E-state index contributed by atoms with van der Waals surface area (Å²) in [7, 11) is 0. The number of hydrogen-bond donors (Lipinski definition) is 4. The third kappa shape index (κ3) is 4.39. The molecule has 3 aromatic heterocycles. The molecule has 11 nitrogen and oxygen atoms in total. The third-order valence-electron chi connectivity index (χ3n) is 6.08. The molecule has 0 saturated carbocycles. The lowest BCUT2D eigenvalue weighted by molar-refractivity contribution is -0.137. The van der Waals surface area contributed by atoms with Crippen molar-refractivity contribution < 1.29 is 23.9 Å². The summed E-state index contributed by atoms with van der Waals surface area (Å²) in [6.07, 6.45) is -0.622. The van der Waals surface area contributed by atoms with E-state index >= 15 is 0 Å². The molecule has 4 atom stereocenters. The van der Waals surface area contributed by atoms with Gasteiger partial charge in [-0.1, -0.05) is 37.3 Å². The van der Waals surface area contributed by atoms with Crippen molar-refractivity contribution in [3.05, 3.63) is 66.2 Å². The zero-order valence-electron chi connectivity index (χ0n) is 22.4. The molecule has 186 valence electrons. The van der Waals surface area contributed by atoms with E-state index in [9.17, 15) is 15.0 Å². The SMILES string of the molecule is [2H]C([2H])([2H])NC(=O)[C@H]1O[C@@H](n2cnc3c(NCc4ccccc4)nc(-c4cncc(CC)c4)nc32)[C@H](O)[C@@H]1O. The molecule has 1 fully saturated rings. The number of nitrogens with zero attached hydrogens (tertiary/aromatic N) is 5. The maximum atomic E-state index is 12.4. The number of aromatic nitrogens is 5. The molecule has 1 amide bonds. The number of carbonyl (C=O) groups is 1. The van der Waals surface area contributed by atoms with Gasteiger partial charge in [0.2, 0.25) is 0 Å². The molecule has 4 heterocycles. The molecule has 1 aliphatic rings. The molecule has 4 aromatic rings. The Morgan fingerprint density at radius 3 is 2.78 bits per heavy atom. The van der Waals surface area contributed by atoms with Crippen LogP contribution in [0.25, 0.3) is 22.6 Å². The molecule has 1 saturated heterocycles. The van der Waals surface area contributed by atoms with Gasteiger partial charge in [0.05, 0.1) is 6.33 Å². The topological polar surface area (TPSA) is 147 Å². The van der Waals surface area contributed by atoms with Crippen LogP contribution in [0.5, 0.6) is 0 Å². The number of likely N-dealkylation sites (N-methyl/N-ethyl adjacent to an activating group) is 1.